The van der Waals surface area contributed by atoms with Crippen LogP contribution in [0.1, 0.15) is 22.3 Å². The molecular formula is C26H21BrN2O. The number of hydrogen-bond acceptors (Lipinski definition) is 2. The third-order valence-electron chi connectivity index (χ3n) is 5.87. The summed E-state index contributed by atoms with van der Waals surface area (Å²) in [5.74, 6) is -0.102. The molecule has 1 aliphatic rings. The summed E-state index contributed by atoms with van der Waals surface area (Å²) in [6, 6.07) is 22.8. The summed E-state index contributed by atoms with van der Waals surface area (Å²) < 4.78 is 1.03. The highest BCUT2D eigenvalue weighted by molar-refractivity contribution is 9.10. The fourth-order valence-electron chi connectivity index (χ4n) is 4.42. The van der Waals surface area contributed by atoms with Gasteiger partial charge in [-0.15, -0.1) is 0 Å². The third kappa shape index (κ3) is 3.27. The van der Waals surface area contributed by atoms with Crippen LogP contribution in [0.25, 0.3) is 27.2 Å². The fourth-order valence-corrected chi connectivity index (χ4v) is 4.90. The highest BCUT2D eigenvalue weighted by Gasteiger charge is 2.17. The SMILES string of the molecule is C=C(NNC(=O)Cc1ccc(Br)c2ccccc12)c1ccc2c3c(cccc13)CC2. The van der Waals surface area contributed by atoms with Crippen LogP contribution in [0.4, 0.5) is 0 Å². The minimum Gasteiger partial charge on any atom is -0.299 e. The van der Waals surface area contributed by atoms with E-state index < -0.39 is 0 Å². The molecule has 3 nitrogen and oxygen atoms in total. The van der Waals surface area contributed by atoms with E-state index >= 15 is 0 Å². The first-order valence-corrected chi connectivity index (χ1v) is 10.8. The van der Waals surface area contributed by atoms with E-state index in [4.69, 9.17) is 0 Å². The predicted molar refractivity (Wildman–Crippen MR) is 127 cm³/mol. The number of hydrazine groups is 1. The third-order valence-corrected chi connectivity index (χ3v) is 6.56. The first-order chi connectivity index (χ1) is 14.6. The quantitative estimate of drug-likeness (QED) is 0.378. The molecule has 0 bridgehead atoms. The molecule has 0 saturated carbocycles. The van der Waals surface area contributed by atoms with Crippen LogP contribution in [0.3, 0.4) is 0 Å². The molecule has 4 aromatic carbocycles. The Hall–Kier alpha value is -3.11. The monoisotopic (exact) mass is 456 g/mol. The second kappa shape index (κ2) is 7.62. The average molecular weight is 457 g/mol. The lowest BCUT2D eigenvalue weighted by molar-refractivity contribution is -0.121. The second-order valence-electron chi connectivity index (χ2n) is 7.69. The largest absolute Gasteiger partial charge is 0.299 e. The fraction of sp³-hybridized carbons (Fsp3) is 0.115. The summed E-state index contributed by atoms with van der Waals surface area (Å²) in [6.45, 7) is 4.16. The minimum absolute atomic E-state index is 0.102. The van der Waals surface area contributed by atoms with E-state index in [-0.39, 0.29) is 12.3 Å². The van der Waals surface area contributed by atoms with Crippen molar-refractivity contribution in [1.29, 1.82) is 0 Å². The first kappa shape index (κ1) is 18.9. The van der Waals surface area contributed by atoms with Crippen LogP contribution in [0.5, 0.6) is 0 Å². The summed E-state index contributed by atoms with van der Waals surface area (Å²) in [6.07, 6.45) is 2.47. The number of halogens is 1. The Morgan fingerprint density at radius 3 is 2.40 bits per heavy atom. The summed E-state index contributed by atoms with van der Waals surface area (Å²) in [7, 11) is 0. The summed E-state index contributed by atoms with van der Waals surface area (Å²) in [4.78, 5) is 12.6. The Morgan fingerprint density at radius 1 is 0.833 bits per heavy atom. The number of fused-ring (bicyclic) bond motifs is 1. The van der Waals surface area contributed by atoms with Crippen molar-refractivity contribution in [3.05, 3.63) is 100 Å². The van der Waals surface area contributed by atoms with Gasteiger partial charge in [-0.25, -0.2) is 0 Å². The molecular weight excluding hydrogens is 436 g/mol. The Kier molecular flexibility index (Phi) is 4.80. The standard InChI is InChI=1S/C26H21BrN2O/c1-16(20-13-11-18-10-9-17-5-4-8-23(20)26(17)18)28-29-25(30)15-19-12-14-24(27)22-7-3-2-6-21(19)22/h2-8,11-14,28H,1,9-10,15H2,(H,29,30). The number of carbonyl (C=O) groups excluding carboxylic acids is 1. The lowest BCUT2D eigenvalue weighted by atomic mass is 9.98. The van der Waals surface area contributed by atoms with Gasteiger partial charge in [0.15, 0.2) is 0 Å². The van der Waals surface area contributed by atoms with Crippen molar-refractivity contribution in [3.8, 4) is 0 Å². The van der Waals surface area contributed by atoms with E-state index in [2.05, 4.69) is 69.8 Å². The number of benzene rings is 4. The van der Waals surface area contributed by atoms with E-state index in [0.29, 0.717) is 5.70 Å². The Balaban J connectivity index is 1.33. The topological polar surface area (TPSA) is 41.1 Å². The first-order valence-electron chi connectivity index (χ1n) is 10.1. The molecule has 1 aliphatic carbocycles. The molecule has 5 rings (SSSR count). The number of rotatable bonds is 5. The Labute approximate surface area is 183 Å². The van der Waals surface area contributed by atoms with Crippen molar-refractivity contribution in [2.45, 2.75) is 19.3 Å². The van der Waals surface area contributed by atoms with E-state index in [1.165, 1.54) is 21.9 Å². The van der Waals surface area contributed by atoms with Gasteiger partial charge in [-0.2, -0.15) is 0 Å². The van der Waals surface area contributed by atoms with Crippen LogP contribution < -0.4 is 10.9 Å². The van der Waals surface area contributed by atoms with Crippen LogP contribution in [0.2, 0.25) is 0 Å². The summed E-state index contributed by atoms with van der Waals surface area (Å²) in [5, 5.41) is 4.71. The molecule has 0 fully saturated rings. The van der Waals surface area contributed by atoms with E-state index in [1.807, 2.05) is 30.3 Å². The molecule has 1 amide bonds. The zero-order valence-corrected chi connectivity index (χ0v) is 18.1. The van der Waals surface area contributed by atoms with Gasteiger partial charge < -0.3 is 0 Å². The second-order valence-corrected chi connectivity index (χ2v) is 8.55. The number of hydrogen-bond donors (Lipinski definition) is 2. The van der Waals surface area contributed by atoms with Gasteiger partial charge >= 0.3 is 0 Å². The molecule has 0 aliphatic heterocycles. The molecule has 0 heterocycles. The number of nitrogens with one attached hydrogen (secondary N) is 2. The molecule has 0 unspecified atom stereocenters. The molecule has 148 valence electrons. The molecule has 4 aromatic rings. The van der Waals surface area contributed by atoms with Crippen LogP contribution >= 0.6 is 15.9 Å². The molecule has 30 heavy (non-hydrogen) atoms. The highest BCUT2D eigenvalue weighted by atomic mass is 79.9. The molecule has 0 saturated heterocycles. The number of aryl methyl sites for hydroxylation is 2. The van der Waals surface area contributed by atoms with Gasteiger partial charge in [-0.05, 0) is 57.1 Å². The van der Waals surface area contributed by atoms with Crippen LogP contribution in [-0.4, -0.2) is 5.91 Å². The zero-order valence-electron chi connectivity index (χ0n) is 16.5. The molecule has 0 spiro atoms. The van der Waals surface area contributed by atoms with Crippen LogP contribution in [0, 0.1) is 0 Å². The predicted octanol–water partition coefficient (Wildman–Crippen LogP) is 5.69. The minimum atomic E-state index is -0.102. The van der Waals surface area contributed by atoms with Gasteiger partial charge in [0.2, 0.25) is 5.91 Å². The maximum absolute atomic E-state index is 12.6. The lowest BCUT2D eigenvalue weighted by Gasteiger charge is -2.15. The molecule has 2 N–H and O–H groups in total. The lowest BCUT2D eigenvalue weighted by Crippen LogP contribution is -2.37. The van der Waals surface area contributed by atoms with Gasteiger partial charge in [0.05, 0.1) is 12.1 Å². The Bertz CT molecular complexity index is 1320. The van der Waals surface area contributed by atoms with Gasteiger partial charge in [0, 0.05) is 10.0 Å². The molecule has 0 radical (unpaired) electrons. The maximum atomic E-state index is 12.6. The van der Waals surface area contributed by atoms with Crippen molar-refractivity contribution in [2.24, 2.45) is 0 Å². The smallest absolute Gasteiger partial charge is 0.242 e. The molecule has 0 aromatic heterocycles. The van der Waals surface area contributed by atoms with Crippen LogP contribution in [-0.2, 0) is 24.1 Å². The van der Waals surface area contributed by atoms with Gasteiger partial charge in [-0.3, -0.25) is 15.6 Å². The number of amides is 1. The van der Waals surface area contributed by atoms with Crippen LogP contribution in [0.15, 0.2) is 77.8 Å². The number of carbonyl (C=O) groups is 1. The van der Waals surface area contributed by atoms with Gasteiger partial charge in [-0.1, -0.05) is 83.2 Å². The highest BCUT2D eigenvalue weighted by Crippen LogP contribution is 2.34. The Morgan fingerprint density at radius 2 is 1.57 bits per heavy atom. The molecule has 0 atom stereocenters. The van der Waals surface area contributed by atoms with Crippen molar-refractivity contribution in [3.63, 3.8) is 0 Å². The molecule has 4 heteroatoms. The summed E-state index contributed by atoms with van der Waals surface area (Å²) >= 11 is 3.58. The van der Waals surface area contributed by atoms with E-state index in [9.17, 15) is 4.79 Å². The van der Waals surface area contributed by atoms with Crippen molar-refractivity contribution in [1.82, 2.24) is 10.9 Å². The normalized spacial score (nSPS) is 12.3. The zero-order chi connectivity index (χ0) is 20.7. The van der Waals surface area contributed by atoms with Crippen molar-refractivity contribution >= 4 is 49.1 Å². The van der Waals surface area contributed by atoms with E-state index in [1.54, 1.807) is 0 Å². The van der Waals surface area contributed by atoms with Gasteiger partial charge in [0.25, 0.3) is 0 Å². The maximum Gasteiger partial charge on any atom is 0.242 e. The van der Waals surface area contributed by atoms with Gasteiger partial charge in [0.1, 0.15) is 0 Å². The average Bonchev–Trinajstić information content (AvgIpc) is 3.19. The van der Waals surface area contributed by atoms with E-state index in [0.717, 1.165) is 39.2 Å². The summed E-state index contributed by atoms with van der Waals surface area (Å²) in [5.41, 5.74) is 11.3. The van der Waals surface area contributed by atoms with Crippen molar-refractivity contribution < 1.29 is 4.79 Å². The van der Waals surface area contributed by atoms with Crippen molar-refractivity contribution in [2.75, 3.05) is 0 Å².